The second kappa shape index (κ2) is 3.67. The lowest BCUT2D eigenvalue weighted by atomic mass is 10.3. The van der Waals surface area contributed by atoms with Crippen molar-refractivity contribution in [2.45, 2.75) is 13.8 Å². The molecule has 1 aromatic heterocycles. The number of nitrogens with zero attached hydrogens (tertiary/aromatic N) is 2. The zero-order valence-electron chi connectivity index (χ0n) is 7.00. The van der Waals surface area contributed by atoms with Crippen molar-refractivity contribution in [3.05, 3.63) is 23.7 Å². The first-order chi connectivity index (χ1) is 5.65. The zero-order chi connectivity index (χ0) is 9.14. The highest BCUT2D eigenvalue weighted by Gasteiger charge is 2.04. The Hall–Kier alpha value is -0.900. The van der Waals surface area contributed by atoms with Crippen molar-refractivity contribution in [2.24, 2.45) is 0 Å². The lowest BCUT2D eigenvalue weighted by Gasteiger charge is -2.02. The minimum Gasteiger partial charge on any atom is -0.382 e. The fraction of sp³-hybridized carbons (Fsp3) is 0.250. The van der Waals surface area contributed by atoms with Gasteiger partial charge in [-0.05, 0) is 29.8 Å². The van der Waals surface area contributed by atoms with Crippen LogP contribution >= 0.6 is 15.9 Å². The molecule has 0 aliphatic heterocycles. The molecule has 1 rings (SSSR count). The minimum atomic E-state index is 0.439. The summed E-state index contributed by atoms with van der Waals surface area (Å²) >= 11 is 3.37. The van der Waals surface area contributed by atoms with E-state index in [4.69, 9.17) is 5.73 Å². The summed E-state index contributed by atoms with van der Waals surface area (Å²) in [6.45, 7) is 3.82. The largest absolute Gasteiger partial charge is 0.382 e. The maximum atomic E-state index is 5.50. The molecule has 0 aromatic carbocycles. The van der Waals surface area contributed by atoms with Gasteiger partial charge in [0.15, 0.2) is 0 Å². The van der Waals surface area contributed by atoms with Crippen molar-refractivity contribution >= 4 is 26.2 Å². The van der Waals surface area contributed by atoms with E-state index < -0.39 is 0 Å². The Morgan fingerprint density at radius 2 is 2.33 bits per heavy atom. The molecule has 0 radical (unpaired) electrons. The van der Waals surface area contributed by atoms with E-state index in [0.29, 0.717) is 5.82 Å². The lowest BCUT2D eigenvalue weighted by Crippen LogP contribution is -1.98. The monoisotopic (exact) mass is 227 g/mol. The SMILES string of the molecule is C/C=C(/Br)c1nc(N)cnc1C. The van der Waals surface area contributed by atoms with Gasteiger partial charge in [0.1, 0.15) is 11.5 Å². The Morgan fingerprint density at radius 1 is 1.67 bits per heavy atom. The third-order valence-corrected chi connectivity index (χ3v) is 2.29. The first kappa shape index (κ1) is 9.19. The molecule has 0 atom stereocenters. The van der Waals surface area contributed by atoms with Crippen LogP contribution in [0.3, 0.4) is 0 Å². The van der Waals surface area contributed by atoms with Crippen LogP contribution in [0.1, 0.15) is 18.3 Å². The molecule has 0 amide bonds. The van der Waals surface area contributed by atoms with Gasteiger partial charge < -0.3 is 5.73 Å². The number of aromatic nitrogens is 2. The fourth-order valence-corrected chi connectivity index (χ4v) is 1.20. The van der Waals surface area contributed by atoms with Crippen LogP contribution in [0.25, 0.3) is 4.48 Å². The summed E-state index contributed by atoms with van der Waals surface area (Å²) in [5, 5.41) is 0. The molecule has 12 heavy (non-hydrogen) atoms. The average Bonchev–Trinajstić information content (AvgIpc) is 2.08. The number of allylic oxidation sites excluding steroid dienone is 1. The first-order valence-electron chi connectivity index (χ1n) is 3.56. The second-order valence-corrected chi connectivity index (χ2v) is 3.22. The molecule has 2 N–H and O–H groups in total. The van der Waals surface area contributed by atoms with Crippen LogP contribution in [0, 0.1) is 6.92 Å². The van der Waals surface area contributed by atoms with E-state index in [9.17, 15) is 0 Å². The molecule has 0 aliphatic carbocycles. The molecule has 0 saturated heterocycles. The van der Waals surface area contributed by atoms with Gasteiger partial charge >= 0.3 is 0 Å². The normalized spacial score (nSPS) is 11.8. The third kappa shape index (κ3) is 1.82. The van der Waals surface area contributed by atoms with E-state index in [0.717, 1.165) is 15.9 Å². The van der Waals surface area contributed by atoms with Crippen molar-refractivity contribution in [3.63, 3.8) is 0 Å². The van der Waals surface area contributed by atoms with Gasteiger partial charge in [-0.2, -0.15) is 0 Å². The highest BCUT2D eigenvalue weighted by molar-refractivity contribution is 9.15. The van der Waals surface area contributed by atoms with E-state index in [-0.39, 0.29) is 0 Å². The number of nitrogens with two attached hydrogens (primary N) is 1. The maximum Gasteiger partial charge on any atom is 0.142 e. The number of halogens is 1. The molecule has 1 heterocycles. The molecule has 4 heteroatoms. The summed E-state index contributed by atoms with van der Waals surface area (Å²) in [5.41, 5.74) is 7.17. The Bertz CT molecular complexity index is 320. The highest BCUT2D eigenvalue weighted by Crippen LogP contribution is 2.21. The number of hydrogen-bond acceptors (Lipinski definition) is 3. The Morgan fingerprint density at radius 3 is 2.92 bits per heavy atom. The number of nitrogen functional groups attached to an aromatic ring is 1. The van der Waals surface area contributed by atoms with Crippen molar-refractivity contribution in [1.29, 1.82) is 0 Å². The van der Waals surface area contributed by atoms with Gasteiger partial charge in [0.05, 0.1) is 11.9 Å². The van der Waals surface area contributed by atoms with Gasteiger partial charge in [-0.25, -0.2) is 4.98 Å². The fourth-order valence-electron chi connectivity index (χ4n) is 0.826. The molecule has 64 valence electrons. The Balaban J connectivity index is 3.23. The van der Waals surface area contributed by atoms with Gasteiger partial charge in [-0.3, -0.25) is 4.98 Å². The molecular formula is C8H10BrN3. The molecular weight excluding hydrogens is 218 g/mol. The molecule has 0 bridgehead atoms. The van der Waals surface area contributed by atoms with Gasteiger partial charge in [0.2, 0.25) is 0 Å². The van der Waals surface area contributed by atoms with E-state index >= 15 is 0 Å². The average molecular weight is 228 g/mol. The molecule has 1 aromatic rings. The summed E-state index contributed by atoms with van der Waals surface area (Å²) in [4.78, 5) is 8.23. The zero-order valence-corrected chi connectivity index (χ0v) is 8.59. The van der Waals surface area contributed by atoms with Crippen molar-refractivity contribution in [1.82, 2.24) is 9.97 Å². The summed E-state index contributed by atoms with van der Waals surface area (Å²) in [6, 6.07) is 0. The number of anilines is 1. The molecule has 0 saturated carbocycles. The summed E-state index contributed by atoms with van der Waals surface area (Å²) in [5.74, 6) is 0.439. The number of hydrogen-bond donors (Lipinski definition) is 1. The summed E-state index contributed by atoms with van der Waals surface area (Å²) in [6.07, 6.45) is 3.46. The van der Waals surface area contributed by atoms with Crippen LogP contribution in [-0.4, -0.2) is 9.97 Å². The van der Waals surface area contributed by atoms with Crippen LogP contribution in [0.5, 0.6) is 0 Å². The lowest BCUT2D eigenvalue weighted by molar-refractivity contribution is 1.10. The standard InChI is InChI=1S/C8H10BrN3/c1-3-6(9)8-5(2)11-4-7(10)12-8/h3-4H,1-2H3,(H2,10,12)/b6-3+. The third-order valence-electron chi connectivity index (χ3n) is 1.45. The Labute approximate surface area is 79.8 Å². The summed E-state index contributed by atoms with van der Waals surface area (Å²) < 4.78 is 0.916. The van der Waals surface area contributed by atoms with Gasteiger partial charge in [0, 0.05) is 4.48 Å². The molecule has 0 aliphatic rings. The van der Waals surface area contributed by atoms with Crippen LogP contribution in [-0.2, 0) is 0 Å². The quantitative estimate of drug-likeness (QED) is 0.800. The summed E-state index contributed by atoms with van der Waals surface area (Å²) in [7, 11) is 0. The van der Waals surface area contributed by atoms with Crippen LogP contribution in [0.4, 0.5) is 5.82 Å². The van der Waals surface area contributed by atoms with E-state index in [2.05, 4.69) is 25.9 Å². The van der Waals surface area contributed by atoms with Crippen molar-refractivity contribution in [3.8, 4) is 0 Å². The minimum absolute atomic E-state index is 0.439. The predicted octanol–water partition coefficient (Wildman–Crippen LogP) is 2.12. The first-order valence-corrected chi connectivity index (χ1v) is 4.35. The van der Waals surface area contributed by atoms with Crippen molar-refractivity contribution < 1.29 is 0 Å². The Kier molecular flexibility index (Phi) is 2.81. The van der Waals surface area contributed by atoms with Gasteiger partial charge in [-0.15, -0.1) is 0 Å². The van der Waals surface area contributed by atoms with Crippen LogP contribution < -0.4 is 5.73 Å². The molecule has 0 fully saturated rings. The van der Waals surface area contributed by atoms with Crippen LogP contribution in [0.2, 0.25) is 0 Å². The van der Waals surface area contributed by atoms with Crippen LogP contribution in [0.15, 0.2) is 12.3 Å². The maximum absolute atomic E-state index is 5.50. The topological polar surface area (TPSA) is 51.8 Å². The van der Waals surface area contributed by atoms with Gasteiger partial charge in [0.25, 0.3) is 0 Å². The van der Waals surface area contributed by atoms with E-state index in [1.54, 1.807) is 6.20 Å². The predicted molar refractivity (Wildman–Crippen MR) is 53.8 cm³/mol. The molecule has 0 spiro atoms. The van der Waals surface area contributed by atoms with E-state index in [1.165, 1.54) is 0 Å². The van der Waals surface area contributed by atoms with Gasteiger partial charge in [-0.1, -0.05) is 6.08 Å². The number of rotatable bonds is 1. The van der Waals surface area contributed by atoms with E-state index in [1.807, 2.05) is 19.9 Å². The molecule has 3 nitrogen and oxygen atoms in total. The van der Waals surface area contributed by atoms with Crippen molar-refractivity contribution in [2.75, 3.05) is 5.73 Å². The smallest absolute Gasteiger partial charge is 0.142 e. The highest BCUT2D eigenvalue weighted by atomic mass is 79.9. The second-order valence-electron chi connectivity index (χ2n) is 2.37. The number of aryl methyl sites for hydroxylation is 1. The molecule has 0 unspecified atom stereocenters.